The second kappa shape index (κ2) is 5.90. The molecule has 0 amide bonds. The molecule has 0 aromatic carbocycles. The van der Waals surface area contributed by atoms with Gasteiger partial charge in [0.15, 0.2) is 0 Å². The van der Waals surface area contributed by atoms with E-state index in [1.54, 1.807) is 30.7 Å². The van der Waals surface area contributed by atoms with Crippen molar-refractivity contribution in [3.63, 3.8) is 0 Å². The van der Waals surface area contributed by atoms with Gasteiger partial charge in [0, 0.05) is 18.1 Å². The third-order valence-corrected chi connectivity index (χ3v) is 2.46. The molecule has 0 aliphatic heterocycles. The van der Waals surface area contributed by atoms with Gasteiger partial charge in [0.05, 0.1) is 31.2 Å². The molecule has 2 rings (SSSR count). The summed E-state index contributed by atoms with van der Waals surface area (Å²) in [6.45, 7) is 2.41. The summed E-state index contributed by atoms with van der Waals surface area (Å²) in [6, 6.07) is 3.40. The highest BCUT2D eigenvalue weighted by atomic mass is 16.5. The number of esters is 1. The Morgan fingerprint density at radius 1 is 1.32 bits per heavy atom. The summed E-state index contributed by atoms with van der Waals surface area (Å²) in [4.78, 5) is 23.7. The molecule has 2 aromatic rings. The van der Waals surface area contributed by atoms with Crippen LogP contribution in [0, 0.1) is 6.92 Å². The van der Waals surface area contributed by atoms with Gasteiger partial charge in [-0.05, 0) is 19.1 Å². The van der Waals surface area contributed by atoms with Crippen LogP contribution < -0.4 is 5.32 Å². The predicted molar refractivity (Wildman–Crippen MR) is 69.7 cm³/mol. The van der Waals surface area contributed by atoms with Crippen molar-refractivity contribution in [1.82, 2.24) is 15.0 Å². The SMILES string of the molecule is COC(=O)c1cc(NCc2cnc(C)cn2)ccn1. The Morgan fingerprint density at radius 3 is 2.84 bits per heavy atom. The largest absolute Gasteiger partial charge is 0.464 e. The number of methoxy groups -OCH3 is 1. The van der Waals surface area contributed by atoms with Crippen LogP contribution in [-0.4, -0.2) is 28.0 Å². The molecule has 0 saturated carbocycles. The Morgan fingerprint density at radius 2 is 2.16 bits per heavy atom. The summed E-state index contributed by atoms with van der Waals surface area (Å²) in [6.07, 6.45) is 4.98. The van der Waals surface area contributed by atoms with E-state index in [-0.39, 0.29) is 5.69 Å². The van der Waals surface area contributed by atoms with Gasteiger partial charge in [0.2, 0.25) is 0 Å². The Balaban J connectivity index is 2.03. The fraction of sp³-hybridized carbons (Fsp3) is 0.231. The van der Waals surface area contributed by atoms with Crippen molar-refractivity contribution in [2.24, 2.45) is 0 Å². The average molecular weight is 258 g/mol. The van der Waals surface area contributed by atoms with Gasteiger partial charge in [0.1, 0.15) is 5.69 Å². The third-order valence-electron chi connectivity index (χ3n) is 2.46. The van der Waals surface area contributed by atoms with Crippen molar-refractivity contribution < 1.29 is 9.53 Å². The Hall–Kier alpha value is -2.50. The maximum Gasteiger partial charge on any atom is 0.356 e. The van der Waals surface area contributed by atoms with Gasteiger partial charge in [-0.3, -0.25) is 9.97 Å². The number of ether oxygens (including phenoxy) is 1. The molecule has 0 unspecified atom stereocenters. The number of anilines is 1. The molecule has 0 radical (unpaired) electrons. The molecule has 0 saturated heterocycles. The lowest BCUT2D eigenvalue weighted by Gasteiger charge is -2.06. The highest BCUT2D eigenvalue weighted by Gasteiger charge is 2.07. The van der Waals surface area contributed by atoms with E-state index >= 15 is 0 Å². The summed E-state index contributed by atoms with van der Waals surface area (Å²) in [5.74, 6) is -0.459. The lowest BCUT2D eigenvalue weighted by molar-refractivity contribution is 0.0594. The van der Waals surface area contributed by atoms with Crippen molar-refractivity contribution in [2.75, 3.05) is 12.4 Å². The van der Waals surface area contributed by atoms with E-state index in [1.807, 2.05) is 6.92 Å². The molecule has 0 fully saturated rings. The summed E-state index contributed by atoms with van der Waals surface area (Å²) in [5.41, 5.74) is 2.74. The summed E-state index contributed by atoms with van der Waals surface area (Å²) >= 11 is 0. The number of nitrogens with one attached hydrogen (secondary N) is 1. The van der Waals surface area contributed by atoms with Crippen LogP contribution in [0.5, 0.6) is 0 Å². The highest BCUT2D eigenvalue weighted by molar-refractivity contribution is 5.88. The fourth-order valence-electron chi connectivity index (χ4n) is 1.46. The smallest absolute Gasteiger partial charge is 0.356 e. The maximum atomic E-state index is 11.3. The number of hydrogen-bond acceptors (Lipinski definition) is 6. The minimum Gasteiger partial charge on any atom is -0.464 e. The lowest BCUT2D eigenvalue weighted by Crippen LogP contribution is -2.07. The topological polar surface area (TPSA) is 77.0 Å². The molecular weight excluding hydrogens is 244 g/mol. The van der Waals surface area contributed by atoms with Gasteiger partial charge < -0.3 is 10.1 Å². The standard InChI is InChI=1S/C13H14N4O2/c1-9-6-16-11(7-15-9)8-17-10-3-4-14-12(5-10)13(18)19-2/h3-7H,8H2,1-2H3,(H,14,17). The van der Waals surface area contributed by atoms with Crippen LogP contribution in [0.3, 0.4) is 0 Å². The molecule has 2 aromatic heterocycles. The molecule has 0 atom stereocenters. The molecule has 2 heterocycles. The molecule has 0 aliphatic carbocycles. The van der Waals surface area contributed by atoms with Crippen molar-refractivity contribution >= 4 is 11.7 Å². The summed E-state index contributed by atoms with van der Waals surface area (Å²) in [7, 11) is 1.33. The van der Waals surface area contributed by atoms with Gasteiger partial charge in [-0.2, -0.15) is 0 Å². The van der Waals surface area contributed by atoms with Gasteiger partial charge in [-0.1, -0.05) is 0 Å². The van der Waals surface area contributed by atoms with Gasteiger partial charge >= 0.3 is 5.97 Å². The maximum absolute atomic E-state index is 11.3. The Bertz CT molecular complexity index is 569. The zero-order valence-electron chi connectivity index (χ0n) is 10.8. The van der Waals surface area contributed by atoms with E-state index in [9.17, 15) is 4.79 Å². The zero-order valence-corrected chi connectivity index (χ0v) is 10.8. The van der Waals surface area contributed by atoms with E-state index in [2.05, 4.69) is 25.0 Å². The predicted octanol–water partition coefficient (Wildman–Crippen LogP) is 1.58. The quantitative estimate of drug-likeness (QED) is 0.839. The number of hydrogen-bond donors (Lipinski definition) is 1. The first-order valence-corrected chi connectivity index (χ1v) is 5.75. The number of carbonyl (C=O) groups excluding carboxylic acids is 1. The van der Waals surface area contributed by atoms with Gasteiger partial charge in [-0.25, -0.2) is 9.78 Å². The van der Waals surface area contributed by atoms with Crippen LogP contribution in [-0.2, 0) is 11.3 Å². The summed E-state index contributed by atoms with van der Waals surface area (Å²) < 4.78 is 4.62. The van der Waals surface area contributed by atoms with Crippen molar-refractivity contribution in [1.29, 1.82) is 0 Å². The van der Waals surface area contributed by atoms with Crippen LogP contribution in [0.2, 0.25) is 0 Å². The van der Waals surface area contributed by atoms with E-state index in [0.29, 0.717) is 6.54 Å². The normalized spacial score (nSPS) is 10.0. The number of pyridine rings is 1. The zero-order chi connectivity index (χ0) is 13.7. The van der Waals surface area contributed by atoms with Crippen LogP contribution in [0.25, 0.3) is 0 Å². The molecular formula is C13H14N4O2. The Labute approximate surface area is 110 Å². The molecule has 98 valence electrons. The monoisotopic (exact) mass is 258 g/mol. The number of aryl methyl sites for hydroxylation is 1. The minimum absolute atomic E-state index is 0.266. The van der Waals surface area contributed by atoms with Gasteiger partial charge in [-0.15, -0.1) is 0 Å². The average Bonchev–Trinajstić information content (AvgIpc) is 2.46. The minimum atomic E-state index is -0.459. The summed E-state index contributed by atoms with van der Waals surface area (Å²) in [5, 5.41) is 3.15. The van der Waals surface area contributed by atoms with E-state index in [4.69, 9.17) is 0 Å². The Kier molecular flexibility index (Phi) is 4.02. The molecule has 19 heavy (non-hydrogen) atoms. The molecule has 1 N–H and O–H groups in total. The first kappa shape index (κ1) is 12.9. The van der Waals surface area contributed by atoms with Crippen LogP contribution >= 0.6 is 0 Å². The van der Waals surface area contributed by atoms with Crippen molar-refractivity contribution in [2.45, 2.75) is 13.5 Å². The van der Waals surface area contributed by atoms with Crippen molar-refractivity contribution in [3.05, 3.63) is 47.8 Å². The fourth-order valence-corrected chi connectivity index (χ4v) is 1.46. The van der Waals surface area contributed by atoms with Crippen LogP contribution in [0.4, 0.5) is 5.69 Å². The molecule has 6 heteroatoms. The van der Waals surface area contributed by atoms with E-state index in [0.717, 1.165) is 17.1 Å². The van der Waals surface area contributed by atoms with Crippen molar-refractivity contribution in [3.8, 4) is 0 Å². The lowest BCUT2D eigenvalue weighted by atomic mass is 10.3. The van der Waals surface area contributed by atoms with E-state index < -0.39 is 5.97 Å². The number of carbonyl (C=O) groups is 1. The van der Waals surface area contributed by atoms with E-state index in [1.165, 1.54) is 7.11 Å². The second-order valence-corrected chi connectivity index (χ2v) is 3.92. The first-order chi connectivity index (χ1) is 9.19. The number of rotatable bonds is 4. The van der Waals surface area contributed by atoms with Gasteiger partial charge in [0.25, 0.3) is 0 Å². The third kappa shape index (κ3) is 3.48. The number of nitrogens with zero attached hydrogens (tertiary/aromatic N) is 3. The molecule has 6 nitrogen and oxygen atoms in total. The number of aromatic nitrogens is 3. The second-order valence-electron chi connectivity index (χ2n) is 3.92. The molecule has 0 aliphatic rings. The molecule has 0 bridgehead atoms. The first-order valence-electron chi connectivity index (χ1n) is 5.75. The van der Waals surface area contributed by atoms with Crippen LogP contribution in [0.1, 0.15) is 21.9 Å². The highest BCUT2D eigenvalue weighted by Crippen LogP contribution is 2.10. The molecule has 0 spiro atoms. The van der Waals surface area contributed by atoms with Crippen LogP contribution in [0.15, 0.2) is 30.7 Å².